The molecule has 194 valence electrons. The van der Waals surface area contributed by atoms with E-state index in [0.717, 1.165) is 41.9 Å². The smallest absolute Gasteiger partial charge is 0.346 e. The number of aliphatic imine (C=N–C) groups is 1. The molecule has 9 heteroatoms. The summed E-state index contributed by atoms with van der Waals surface area (Å²) in [4.78, 5) is 21.6. The molecule has 2 unspecified atom stereocenters. The maximum Gasteiger partial charge on any atom is 0.416 e. The fourth-order valence-electron chi connectivity index (χ4n) is 4.38. The molecule has 0 fully saturated rings. The molecule has 0 spiro atoms. The normalized spacial score (nSPS) is 22.5. The van der Waals surface area contributed by atoms with Crippen molar-refractivity contribution in [3.63, 3.8) is 0 Å². The summed E-state index contributed by atoms with van der Waals surface area (Å²) in [7, 11) is 0. The summed E-state index contributed by atoms with van der Waals surface area (Å²) in [6, 6.07) is -0.802. The summed E-state index contributed by atoms with van der Waals surface area (Å²) in [6.45, 7) is 2.97. The lowest BCUT2D eigenvalue weighted by Crippen LogP contribution is -2.37. The van der Waals surface area contributed by atoms with Crippen molar-refractivity contribution in [1.82, 2.24) is 14.9 Å². The number of carbonyl (C=O) groups is 1. The first-order valence-electron chi connectivity index (χ1n) is 12.3. The maximum atomic E-state index is 13.5. The van der Waals surface area contributed by atoms with E-state index in [-0.39, 0.29) is 18.2 Å². The van der Waals surface area contributed by atoms with Crippen molar-refractivity contribution in [1.29, 1.82) is 0 Å². The third-order valence-electron chi connectivity index (χ3n) is 6.56. The standard InChI is InChI=1S/C28H30F3N5O/c1-19-6-8-22(12-21(19)9-7-20-4-2-3-5-24(16-32)34-17-20)27(37)35-25-13-23(28(29,30)31)14-26(15-25)36-11-10-33-18-36/h2,4,10-14,18,20,25H,3,5-6,8,15-17,32H2,1H3,(H,35,37). The number of carbonyl (C=O) groups excluding carboxylic acids is 1. The molecule has 0 saturated carbocycles. The largest absolute Gasteiger partial charge is 0.416 e. The number of nitrogens with two attached hydrogens (primary N) is 1. The van der Waals surface area contributed by atoms with Gasteiger partial charge in [0, 0.05) is 47.9 Å². The minimum atomic E-state index is -4.53. The summed E-state index contributed by atoms with van der Waals surface area (Å²) < 4.78 is 42.2. The molecule has 0 aromatic carbocycles. The van der Waals surface area contributed by atoms with Gasteiger partial charge in [-0.2, -0.15) is 13.2 Å². The fraction of sp³-hybridized carbons (Fsp3) is 0.393. The number of imidazole rings is 1. The zero-order chi connectivity index (χ0) is 26.4. The monoisotopic (exact) mass is 509 g/mol. The summed E-state index contributed by atoms with van der Waals surface area (Å²) in [5.74, 6) is 6.02. The predicted octanol–water partition coefficient (Wildman–Crippen LogP) is 4.51. The minimum absolute atomic E-state index is 0.0451. The van der Waals surface area contributed by atoms with Crippen LogP contribution in [0.1, 0.15) is 39.0 Å². The van der Waals surface area contributed by atoms with Gasteiger partial charge in [0.05, 0.1) is 30.4 Å². The predicted molar refractivity (Wildman–Crippen MR) is 138 cm³/mol. The van der Waals surface area contributed by atoms with E-state index < -0.39 is 17.8 Å². The van der Waals surface area contributed by atoms with Crippen LogP contribution in [0.3, 0.4) is 0 Å². The molecule has 3 N–H and O–H groups in total. The average molecular weight is 510 g/mol. The molecule has 0 saturated heterocycles. The van der Waals surface area contributed by atoms with Crippen LogP contribution >= 0.6 is 0 Å². The zero-order valence-corrected chi connectivity index (χ0v) is 20.7. The second-order valence-corrected chi connectivity index (χ2v) is 9.33. The molecular weight excluding hydrogens is 479 g/mol. The third kappa shape index (κ3) is 6.98. The Labute approximate surface area is 214 Å². The molecule has 1 aromatic heterocycles. The SMILES string of the molecule is CC1=C(C#CC2C=CCCC(CN)=NC2)C=C(C(=O)NC2C=C(C(F)(F)F)C=C(n3ccnc3)C2)CC1. The van der Waals surface area contributed by atoms with Crippen molar-refractivity contribution < 1.29 is 18.0 Å². The highest BCUT2D eigenvalue weighted by molar-refractivity contribution is 5.95. The van der Waals surface area contributed by atoms with Crippen molar-refractivity contribution in [2.45, 2.75) is 51.2 Å². The van der Waals surface area contributed by atoms with Crippen LogP contribution in [0.5, 0.6) is 0 Å². The van der Waals surface area contributed by atoms with E-state index in [0.29, 0.717) is 37.2 Å². The van der Waals surface area contributed by atoms with E-state index >= 15 is 0 Å². The van der Waals surface area contributed by atoms with Gasteiger partial charge in [-0.3, -0.25) is 9.79 Å². The van der Waals surface area contributed by atoms with Crippen LogP contribution < -0.4 is 11.1 Å². The number of amides is 1. The van der Waals surface area contributed by atoms with Gasteiger partial charge >= 0.3 is 6.18 Å². The molecule has 3 aliphatic rings. The average Bonchev–Trinajstić information content (AvgIpc) is 3.39. The Balaban J connectivity index is 1.49. The van der Waals surface area contributed by atoms with Gasteiger partial charge in [0.2, 0.25) is 5.91 Å². The summed E-state index contributed by atoms with van der Waals surface area (Å²) in [5, 5.41) is 2.78. The fourth-order valence-corrected chi connectivity index (χ4v) is 4.38. The highest BCUT2D eigenvalue weighted by Crippen LogP contribution is 2.33. The molecule has 37 heavy (non-hydrogen) atoms. The van der Waals surface area contributed by atoms with Crippen molar-refractivity contribution in [2.75, 3.05) is 13.1 Å². The van der Waals surface area contributed by atoms with Crippen molar-refractivity contribution >= 4 is 17.3 Å². The molecular formula is C28H30F3N5O. The van der Waals surface area contributed by atoms with Gasteiger partial charge in [0.15, 0.2) is 0 Å². The van der Waals surface area contributed by atoms with E-state index in [2.05, 4.69) is 39.3 Å². The number of nitrogens with zero attached hydrogens (tertiary/aromatic N) is 3. The van der Waals surface area contributed by atoms with Gasteiger partial charge in [-0.25, -0.2) is 4.98 Å². The second-order valence-electron chi connectivity index (χ2n) is 9.33. The topological polar surface area (TPSA) is 85.3 Å². The maximum absolute atomic E-state index is 13.5. The quantitative estimate of drug-likeness (QED) is 0.463. The Kier molecular flexibility index (Phi) is 8.29. The van der Waals surface area contributed by atoms with Crippen LogP contribution in [0.15, 0.2) is 76.4 Å². The number of nitrogens with one attached hydrogen (secondary N) is 1. The molecule has 0 bridgehead atoms. The molecule has 2 atom stereocenters. The van der Waals surface area contributed by atoms with Crippen molar-refractivity contribution in [2.24, 2.45) is 16.6 Å². The van der Waals surface area contributed by atoms with Crippen LogP contribution in [0.2, 0.25) is 0 Å². The Morgan fingerprint density at radius 1 is 1.27 bits per heavy atom. The highest BCUT2D eigenvalue weighted by atomic mass is 19.4. The number of allylic oxidation sites excluding steroid dienone is 6. The Morgan fingerprint density at radius 2 is 2.11 bits per heavy atom. The first-order valence-corrected chi connectivity index (χ1v) is 12.3. The molecule has 4 rings (SSSR count). The molecule has 2 heterocycles. The van der Waals surface area contributed by atoms with E-state index in [4.69, 9.17) is 5.73 Å². The molecule has 1 aromatic rings. The zero-order valence-electron chi connectivity index (χ0n) is 20.7. The van der Waals surface area contributed by atoms with Crippen LogP contribution in [0, 0.1) is 17.8 Å². The van der Waals surface area contributed by atoms with E-state index in [1.807, 2.05) is 6.92 Å². The van der Waals surface area contributed by atoms with Crippen LogP contribution in [0.25, 0.3) is 5.70 Å². The van der Waals surface area contributed by atoms with Gasteiger partial charge in [-0.05, 0) is 50.8 Å². The van der Waals surface area contributed by atoms with E-state index in [1.165, 1.54) is 17.1 Å². The Morgan fingerprint density at radius 3 is 2.84 bits per heavy atom. The van der Waals surface area contributed by atoms with Crippen molar-refractivity contribution in [3.8, 4) is 11.8 Å². The summed E-state index contributed by atoms with van der Waals surface area (Å²) >= 11 is 0. The molecule has 6 nitrogen and oxygen atoms in total. The van der Waals surface area contributed by atoms with Gasteiger partial charge in [-0.1, -0.05) is 29.6 Å². The number of halogens is 3. The highest BCUT2D eigenvalue weighted by Gasteiger charge is 2.35. The van der Waals surface area contributed by atoms with Gasteiger partial charge in [0.25, 0.3) is 0 Å². The van der Waals surface area contributed by atoms with Crippen LogP contribution in [-0.2, 0) is 4.79 Å². The molecule has 1 aliphatic heterocycles. The number of hydrogen-bond acceptors (Lipinski definition) is 4. The van der Waals surface area contributed by atoms with Gasteiger partial charge < -0.3 is 15.6 Å². The lowest BCUT2D eigenvalue weighted by molar-refractivity contribution is -0.118. The summed E-state index contributed by atoms with van der Waals surface area (Å²) in [6.07, 6.45) is 11.2. The van der Waals surface area contributed by atoms with E-state index in [1.54, 1.807) is 12.3 Å². The first-order chi connectivity index (χ1) is 17.7. The number of alkyl halides is 3. The number of hydrogen-bond donors (Lipinski definition) is 2. The molecule has 1 amide bonds. The second kappa shape index (κ2) is 11.6. The van der Waals surface area contributed by atoms with Crippen LogP contribution in [0.4, 0.5) is 13.2 Å². The lowest BCUT2D eigenvalue weighted by Gasteiger charge is -2.25. The molecule has 2 aliphatic carbocycles. The lowest BCUT2D eigenvalue weighted by atomic mass is 9.92. The minimum Gasteiger partial charge on any atom is -0.346 e. The summed E-state index contributed by atoms with van der Waals surface area (Å²) in [5.41, 5.74) is 8.69. The van der Waals surface area contributed by atoms with Gasteiger partial charge in [0.1, 0.15) is 0 Å². The third-order valence-corrected chi connectivity index (χ3v) is 6.56. The molecule has 0 radical (unpaired) electrons. The van der Waals surface area contributed by atoms with Crippen LogP contribution in [-0.4, -0.2) is 46.5 Å². The number of rotatable bonds is 4. The number of aromatic nitrogens is 2. The Hall–Kier alpha value is -3.64. The van der Waals surface area contributed by atoms with Gasteiger partial charge in [-0.15, -0.1) is 0 Å². The first kappa shape index (κ1) is 26.4. The Bertz CT molecular complexity index is 1270. The van der Waals surface area contributed by atoms with E-state index in [9.17, 15) is 18.0 Å². The van der Waals surface area contributed by atoms with Crippen molar-refractivity contribution in [3.05, 3.63) is 71.4 Å².